The van der Waals surface area contributed by atoms with Crippen LogP contribution in [-0.2, 0) is 13.2 Å². The lowest BCUT2D eigenvalue weighted by atomic mass is 10.00. The predicted octanol–water partition coefficient (Wildman–Crippen LogP) is 7.33. The van der Waals surface area contributed by atoms with E-state index in [4.69, 9.17) is 19.2 Å². The second kappa shape index (κ2) is 12.9. The van der Waals surface area contributed by atoms with Gasteiger partial charge < -0.3 is 23.9 Å². The van der Waals surface area contributed by atoms with Gasteiger partial charge in [0.05, 0.1) is 29.1 Å². The number of ether oxygens (including phenoxy) is 1. The molecule has 0 saturated carbocycles. The van der Waals surface area contributed by atoms with Gasteiger partial charge >= 0.3 is 0 Å². The summed E-state index contributed by atoms with van der Waals surface area (Å²) in [6.07, 6.45) is 1.81. The Labute approximate surface area is 280 Å². The molecule has 0 fully saturated rings. The second-order valence-electron chi connectivity index (χ2n) is 11.1. The lowest BCUT2D eigenvalue weighted by Gasteiger charge is -2.18. The zero-order valence-corrected chi connectivity index (χ0v) is 26.9. The monoisotopic (exact) mass is 659 g/mol. The van der Waals surface area contributed by atoms with Gasteiger partial charge in [-0.2, -0.15) is 5.10 Å². The van der Waals surface area contributed by atoms with Gasteiger partial charge in [0.1, 0.15) is 40.9 Å². The number of amides is 1. The normalized spacial score (nSPS) is 11.3. The van der Waals surface area contributed by atoms with Gasteiger partial charge in [0.15, 0.2) is 0 Å². The lowest BCUT2D eigenvalue weighted by molar-refractivity contribution is 0.0964. The smallest absolute Gasteiger partial charge is 0.255 e. The van der Waals surface area contributed by atoms with E-state index in [9.17, 15) is 14.3 Å². The summed E-state index contributed by atoms with van der Waals surface area (Å²) in [5.74, 6) is 0.0349. The summed E-state index contributed by atoms with van der Waals surface area (Å²) in [6, 6.07) is 28.5. The number of halogens is 1. The van der Waals surface area contributed by atoms with Crippen LogP contribution in [0, 0.1) is 5.82 Å². The Kier molecular flexibility index (Phi) is 8.30. The molecule has 3 aromatic carbocycles. The highest BCUT2D eigenvalue weighted by atomic mass is 32.1. The Hall–Kier alpha value is -5.65. The molecule has 0 saturated heterocycles. The molecule has 4 heterocycles. The van der Waals surface area contributed by atoms with Crippen LogP contribution in [-0.4, -0.2) is 39.7 Å². The molecule has 0 aliphatic carbocycles. The van der Waals surface area contributed by atoms with Crippen molar-refractivity contribution in [3.63, 3.8) is 0 Å². The van der Waals surface area contributed by atoms with Crippen LogP contribution >= 0.6 is 12.8 Å². The van der Waals surface area contributed by atoms with Crippen molar-refractivity contribution in [1.82, 2.24) is 19.9 Å². The van der Waals surface area contributed by atoms with E-state index in [2.05, 4.69) is 18.1 Å². The molecule has 0 bridgehead atoms. The minimum Gasteiger partial charge on any atom is -0.487 e. The van der Waals surface area contributed by atoms with Crippen LogP contribution in [0.25, 0.3) is 50.5 Å². The first kappa shape index (κ1) is 31.0. The van der Waals surface area contributed by atoms with Gasteiger partial charge in [0.2, 0.25) is 0 Å². The maximum absolute atomic E-state index is 13.8. The number of aliphatic hydroxyl groups excluding tert-OH is 1. The first-order chi connectivity index (χ1) is 23.4. The number of hydrogen-bond donors (Lipinski definition) is 3. The van der Waals surface area contributed by atoms with Crippen molar-refractivity contribution in [2.24, 2.45) is 0 Å². The topological polar surface area (TPSA) is 105 Å². The van der Waals surface area contributed by atoms with Crippen molar-refractivity contribution in [2.75, 3.05) is 18.4 Å². The molecule has 48 heavy (non-hydrogen) atoms. The van der Waals surface area contributed by atoms with Gasteiger partial charge in [-0.1, -0.05) is 49.2 Å². The third kappa shape index (κ3) is 5.63. The third-order valence-electron chi connectivity index (χ3n) is 8.11. The van der Waals surface area contributed by atoms with Gasteiger partial charge in [0, 0.05) is 48.4 Å². The van der Waals surface area contributed by atoms with Gasteiger partial charge in [-0.05, 0) is 60.2 Å². The maximum atomic E-state index is 13.8. The van der Waals surface area contributed by atoms with Crippen molar-refractivity contribution in [3.05, 3.63) is 126 Å². The van der Waals surface area contributed by atoms with E-state index in [0.717, 1.165) is 11.1 Å². The number of furan rings is 1. The summed E-state index contributed by atoms with van der Waals surface area (Å²) in [7, 11) is 3.32. The summed E-state index contributed by atoms with van der Waals surface area (Å²) in [5, 5.41) is 18.5. The third-order valence-corrected chi connectivity index (χ3v) is 8.33. The van der Waals surface area contributed by atoms with E-state index >= 15 is 0 Å². The Morgan fingerprint density at radius 3 is 2.52 bits per heavy atom. The van der Waals surface area contributed by atoms with Crippen LogP contribution in [0.2, 0.25) is 0 Å². The van der Waals surface area contributed by atoms with Gasteiger partial charge in [-0.15, -0.1) is 0 Å². The molecule has 0 aliphatic rings. The first-order valence-electron chi connectivity index (χ1n) is 15.1. The Bertz CT molecular complexity index is 2280. The number of aliphatic hydroxyl groups is 1. The van der Waals surface area contributed by atoms with Crippen LogP contribution in [0.5, 0.6) is 5.75 Å². The zero-order valence-electron chi connectivity index (χ0n) is 26.0. The number of hydrogen-bond acceptors (Lipinski definition) is 8. The number of thiol groups is 1. The van der Waals surface area contributed by atoms with Crippen molar-refractivity contribution in [1.29, 1.82) is 0 Å². The van der Waals surface area contributed by atoms with Crippen molar-refractivity contribution < 1.29 is 23.4 Å². The Morgan fingerprint density at radius 2 is 1.79 bits per heavy atom. The summed E-state index contributed by atoms with van der Waals surface area (Å²) < 4.78 is 29.7. The molecule has 9 nitrogen and oxygen atoms in total. The van der Waals surface area contributed by atoms with E-state index in [1.54, 1.807) is 41.1 Å². The largest absolute Gasteiger partial charge is 0.487 e. The molecular weight excluding hydrogens is 630 g/mol. The summed E-state index contributed by atoms with van der Waals surface area (Å²) in [6.45, 7) is 0.0318. The fourth-order valence-corrected chi connectivity index (χ4v) is 5.94. The van der Waals surface area contributed by atoms with E-state index < -0.39 is 5.82 Å². The van der Waals surface area contributed by atoms with Gasteiger partial charge in [-0.3, -0.25) is 4.79 Å². The number of carbonyl (C=O) groups is 1. The minimum absolute atomic E-state index is 0.264. The number of pyridine rings is 2. The van der Waals surface area contributed by atoms with Gasteiger partial charge in [0.25, 0.3) is 5.91 Å². The number of nitrogens with zero attached hydrogens (tertiary/aromatic N) is 4. The molecule has 7 aromatic rings. The van der Waals surface area contributed by atoms with E-state index in [1.807, 2.05) is 72.9 Å². The fraction of sp³-hybridized carbons (Fsp3) is 0.108. The van der Waals surface area contributed by atoms with Crippen molar-refractivity contribution >= 4 is 40.9 Å². The van der Waals surface area contributed by atoms with Crippen LogP contribution in [0.1, 0.15) is 21.5 Å². The first-order valence-corrected chi connectivity index (χ1v) is 15.5. The molecule has 7 rings (SSSR count). The van der Waals surface area contributed by atoms with E-state index in [0.29, 0.717) is 74.1 Å². The summed E-state index contributed by atoms with van der Waals surface area (Å²) in [5.41, 5.74) is 6.40. The number of nitrogens with one attached hydrogen (secondary N) is 1. The van der Waals surface area contributed by atoms with Gasteiger partial charge in [-0.25, -0.2) is 13.9 Å². The molecule has 2 N–H and O–H groups in total. The average molecular weight is 660 g/mol. The quantitative estimate of drug-likeness (QED) is 0.140. The molecular formula is C37H30FN5O4S. The highest BCUT2D eigenvalue weighted by molar-refractivity contribution is 7.81. The highest BCUT2D eigenvalue weighted by Crippen LogP contribution is 2.42. The maximum Gasteiger partial charge on any atom is 0.255 e. The number of carbonyl (C=O) groups excluding carboxylic acids is 1. The number of aromatic nitrogens is 3. The lowest BCUT2D eigenvalue weighted by Crippen LogP contribution is -2.18. The molecule has 0 spiro atoms. The van der Waals surface area contributed by atoms with Crippen molar-refractivity contribution in [2.45, 2.75) is 13.2 Å². The van der Waals surface area contributed by atoms with Crippen LogP contribution < -0.4 is 14.4 Å². The molecule has 11 heteroatoms. The van der Waals surface area contributed by atoms with Crippen molar-refractivity contribution in [3.8, 4) is 39.7 Å². The van der Waals surface area contributed by atoms with E-state index in [-0.39, 0.29) is 12.5 Å². The SMILES string of the molecule is CNC(=O)c1c(-c2ccc(F)cc2)oc2cc(N(C)S)c(-c3ccc(OCc4ccccc4)c(-c4nn5ccccc5c4CO)n3)cc12. The van der Waals surface area contributed by atoms with Crippen LogP contribution in [0.3, 0.4) is 0 Å². The highest BCUT2D eigenvalue weighted by Gasteiger charge is 2.26. The number of anilines is 1. The second-order valence-corrected chi connectivity index (χ2v) is 11.7. The van der Waals surface area contributed by atoms with Crippen LogP contribution in [0.15, 0.2) is 108 Å². The zero-order chi connectivity index (χ0) is 33.4. The molecule has 0 radical (unpaired) electrons. The summed E-state index contributed by atoms with van der Waals surface area (Å²) >= 11 is 4.63. The molecule has 4 aromatic heterocycles. The van der Waals surface area contributed by atoms with Crippen LogP contribution in [0.4, 0.5) is 10.1 Å². The Balaban J connectivity index is 1.44. The summed E-state index contributed by atoms with van der Waals surface area (Å²) in [4.78, 5) is 18.4. The minimum atomic E-state index is -0.398. The standard InChI is InChI=1S/C37H30FN5O4S/c1-39-37(45)33-26-18-25(30(42(2)48)19-32(26)47-36(33)23-11-13-24(38)14-12-23)28-15-16-31(46-21-22-8-4-3-5-9-22)35(40-28)34-27(20-44)29-10-6-7-17-43(29)41-34/h3-19,44,48H,20-21H2,1-2H3,(H,39,45). The van der Waals surface area contributed by atoms with E-state index in [1.165, 1.54) is 12.1 Å². The fourth-order valence-electron chi connectivity index (χ4n) is 5.77. The number of fused-ring (bicyclic) bond motifs is 2. The molecule has 0 atom stereocenters. The molecule has 0 unspecified atom stereocenters. The average Bonchev–Trinajstić information content (AvgIpc) is 3.68. The number of rotatable bonds is 9. The molecule has 240 valence electrons. The Morgan fingerprint density at radius 1 is 1.02 bits per heavy atom. The number of benzene rings is 3. The predicted molar refractivity (Wildman–Crippen MR) is 187 cm³/mol. The molecule has 0 aliphatic heterocycles. The molecule has 1 amide bonds.